The Morgan fingerprint density at radius 3 is 2.84 bits per heavy atom. The van der Waals surface area contributed by atoms with E-state index in [1.54, 1.807) is 0 Å². The number of unbranched alkanes of at least 4 members (excludes halogenated alkanes) is 1. The van der Waals surface area contributed by atoms with Crippen LogP contribution in [0.5, 0.6) is 0 Å². The minimum absolute atomic E-state index is 0.231. The highest BCUT2D eigenvalue weighted by Crippen LogP contribution is 2.30. The standard InChI is InChI=1S/C21H34O4/c1-4-16-25-21(2,3)19(22)15-14-18-12-9-11-17(18)10-7-5-6-8-13-20(23)24/h5,7,9,12,14-15,17-19,22H,4,6,8,10-11,13,16H2,1-3H3,(H,23,24)/b7-5-,15-14?/t17-,18+,19?/m0/s1. The predicted molar refractivity (Wildman–Crippen MR) is 101 cm³/mol. The fourth-order valence-corrected chi connectivity index (χ4v) is 2.88. The average Bonchev–Trinajstić information content (AvgIpc) is 3.01. The van der Waals surface area contributed by atoms with Gasteiger partial charge in [-0.15, -0.1) is 0 Å². The van der Waals surface area contributed by atoms with Gasteiger partial charge >= 0.3 is 5.97 Å². The summed E-state index contributed by atoms with van der Waals surface area (Å²) in [5.41, 5.74) is -0.575. The minimum Gasteiger partial charge on any atom is -0.481 e. The second kappa shape index (κ2) is 11.3. The molecule has 25 heavy (non-hydrogen) atoms. The smallest absolute Gasteiger partial charge is 0.303 e. The number of allylic oxidation sites excluding steroid dienone is 5. The molecule has 0 aliphatic heterocycles. The lowest BCUT2D eigenvalue weighted by Gasteiger charge is -2.29. The largest absolute Gasteiger partial charge is 0.481 e. The molecule has 0 spiro atoms. The first kappa shape index (κ1) is 21.7. The Hall–Kier alpha value is -1.39. The Morgan fingerprint density at radius 2 is 2.16 bits per heavy atom. The summed E-state index contributed by atoms with van der Waals surface area (Å²) < 4.78 is 5.73. The Bertz CT molecular complexity index is 476. The second-order valence-electron chi connectivity index (χ2n) is 7.28. The number of rotatable bonds is 12. The first-order chi connectivity index (χ1) is 11.9. The van der Waals surface area contributed by atoms with Crippen molar-refractivity contribution in [2.75, 3.05) is 6.61 Å². The van der Waals surface area contributed by atoms with Crippen LogP contribution in [0.25, 0.3) is 0 Å². The number of carboxylic acid groups (broad SMARTS) is 1. The number of aliphatic hydroxyl groups is 1. The molecule has 0 aromatic rings. The van der Waals surface area contributed by atoms with Gasteiger partial charge in [-0.05, 0) is 57.8 Å². The van der Waals surface area contributed by atoms with Gasteiger partial charge in [0.1, 0.15) is 6.10 Å². The van der Waals surface area contributed by atoms with Crippen molar-refractivity contribution >= 4 is 5.97 Å². The molecule has 2 N–H and O–H groups in total. The van der Waals surface area contributed by atoms with E-state index in [2.05, 4.69) is 37.3 Å². The molecule has 0 fully saturated rings. The third-order valence-corrected chi connectivity index (χ3v) is 4.61. The van der Waals surface area contributed by atoms with Crippen LogP contribution in [0.15, 0.2) is 36.5 Å². The van der Waals surface area contributed by atoms with Crippen LogP contribution in [0.1, 0.15) is 59.3 Å². The van der Waals surface area contributed by atoms with Gasteiger partial charge in [0, 0.05) is 13.0 Å². The molecule has 0 heterocycles. The summed E-state index contributed by atoms with van der Waals surface area (Å²) in [6.45, 7) is 6.54. The van der Waals surface area contributed by atoms with Gasteiger partial charge in [-0.2, -0.15) is 0 Å². The first-order valence-electron chi connectivity index (χ1n) is 9.40. The Kier molecular flexibility index (Phi) is 9.76. The maximum atomic E-state index is 10.5. The zero-order chi connectivity index (χ0) is 18.7. The van der Waals surface area contributed by atoms with Crippen LogP contribution in [0, 0.1) is 11.8 Å². The van der Waals surface area contributed by atoms with Crippen molar-refractivity contribution in [3.05, 3.63) is 36.5 Å². The van der Waals surface area contributed by atoms with Crippen LogP contribution in [0.2, 0.25) is 0 Å². The van der Waals surface area contributed by atoms with Crippen molar-refractivity contribution in [3.63, 3.8) is 0 Å². The minimum atomic E-state index is -0.733. The molecule has 1 aliphatic carbocycles. The molecule has 4 nitrogen and oxygen atoms in total. The monoisotopic (exact) mass is 350 g/mol. The molecule has 1 unspecified atom stereocenters. The average molecular weight is 350 g/mol. The summed E-state index contributed by atoms with van der Waals surface area (Å²) in [6.07, 6.45) is 16.7. The lowest BCUT2D eigenvalue weighted by molar-refractivity contribution is -0.137. The van der Waals surface area contributed by atoms with Crippen LogP contribution in [-0.2, 0) is 9.53 Å². The number of carbonyl (C=O) groups is 1. The van der Waals surface area contributed by atoms with Gasteiger partial charge in [0.15, 0.2) is 0 Å². The molecule has 0 saturated carbocycles. The van der Waals surface area contributed by atoms with Gasteiger partial charge in [-0.1, -0.05) is 43.4 Å². The normalized spacial score (nSPS) is 22.2. The lowest BCUT2D eigenvalue weighted by Crippen LogP contribution is -2.38. The SMILES string of the molecule is CCCOC(C)(C)C(O)C=C[C@H]1C=CC[C@@H]1C/C=C\CCCC(=O)O. The van der Waals surface area contributed by atoms with E-state index in [0.29, 0.717) is 24.9 Å². The van der Waals surface area contributed by atoms with Crippen LogP contribution in [-0.4, -0.2) is 34.5 Å². The second-order valence-corrected chi connectivity index (χ2v) is 7.28. The summed E-state index contributed by atoms with van der Waals surface area (Å²) in [4.78, 5) is 10.5. The van der Waals surface area contributed by atoms with Gasteiger partial charge in [0.05, 0.1) is 5.60 Å². The van der Waals surface area contributed by atoms with Crippen LogP contribution < -0.4 is 0 Å². The third kappa shape index (κ3) is 8.50. The zero-order valence-corrected chi connectivity index (χ0v) is 15.9. The number of aliphatic carboxylic acids is 1. The van der Waals surface area contributed by atoms with Crippen molar-refractivity contribution < 1.29 is 19.7 Å². The van der Waals surface area contributed by atoms with E-state index in [-0.39, 0.29) is 6.42 Å². The van der Waals surface area contributed by atoms with Crippen molar-refractivity contribution in [1.82, 2.24) is 0 Å². The van der Waals surface area contributed by atoms with Crippen LogP contribution >= 0.6 is 0 Å². The zero-order valence-electron chi connectivity index (χ0n) is 15.9. The molecular formula is C21H34O4. The highest BCUT2D eigenvalue weighted by molar-refractivity contribution is 5.66. The summed E-state index contributed by atoms with van der Waals surface area (Å²) >= 11 is 0. The molecular weight excluding hydrogens is 316 g/mol. The Labute approximate surface area is 152 Å². The van der Waals surface area contributed by atoms with E-state index in [9.17, 15) is 9.90 Å². The Morgan fingerprint density at radius 1 is 1.40 bits per heavy atom. The highest BCUT2D eigenvalue weighted by atomic mass is 16.5. The molecule has 0 saturated heterocycles. The van der Waals surface area contributed by atoms with Crippen molar-refractivity contribution in [2.24, 2.45) is 11.8 Å². The molecule has 0 amide bonds. The lowest BCUT2D eigenvalue weighted by atomic mass is 9.90. The quantitative estimate of drug-likeness (QED) is 0.402. The fourth-order valence-electron chi connectivity index (χ4n) is 2.88. The fraction of sp³-hybridized carbons (Fsp3) is 0.667. The topological polar surface area (TPSA) is 66.8 Å². The Balaban J connectivity index is 2.42. The number of aliphatic hydroxyl groups excluding tert-OH is 1. The highest BCUT2D eigenvalue weighted by Gasteiger charge is 2.27. The van der Waals surface area contributed by atoms with E-state index < -0.39 is 17.7 Å². The molecule has 0 radical (unpaired) electrons. The first-order valence-corrected chi connectivity index (χ1v) is 9.40. The molecule has 0 aromatic carbocycles. The number of carboxylic acids is 1. The molecule has 0 aromatic heterocycles. The molecule has 0 bridgehead atoms. The molecule has 1 aliphatic rings. The maximum Gasteiger partial charge on any atom is 0.303 e. The number of hydrogen-bond donors (Lipinski definition) is 2. The van der Waals surface area contributed by atoms with Crippen LogP contribution in [0.3, 0.4) is 0 Å². The number of ether oxygens (including phenoxy) is 1. The molecule has 4 heteroatoms. The van der Waals surface area contributed by atoms with Gasteiger partial charge in [0.2, 0.25) is 0 Å². The van der Waals surface area contributed by atoms with Crippen molar-refractivity contribution in [2.45, 2.75) is 71.0 Å². The van der Waals surface area contributed by atoms with E-state index in [4.69, 9.17) is 9.84 Å². The number of hydrogen-bond acceptors (Lipinski definition) is 3. The maximum absolute atomic E-state index is 10.5. The van der Waals surface area contributed by atoms with Crippen LogP contribution in [0.4, 0.5) is 0 Å². The molecule has 3 atom stereocenters. The van der Waals surface area contributed by atoms with Gasteiger partial charge in [-0.3, -0.25) is 4.79 Å². The van der Waals surface area contributed by atoms with Gasteiger partial charge < -0.3 is 14.9 Å². The van der Waals surface area contributed by atoms with E-state index in [1.807, 2.05) is 19.9 Å². The van der Waals surface area contributed by atoms with E-state index in [1.165, 1.54) is 0 Å². The molecule has 142 valence electrons. The summed E-state index contributed by atoms with van der Waals surface area (Å²) in [6, 6.07) is 0. The van der Waals surface area contributed by atoms with Crippen molar-refractivity contribution in [1.29, 1.82) is 0 Å². The van der Waals surface area contributed by atoms with Gasteiger partial charge in [0.25, 0.3) is 0 Å². The predicted octanol–water partition coefficient (Wildman–Crippen LogP) is 4.50. The van der Waals surface area contributed by atoms with E-state index in [0.717, 1.165) is 25.7 Å². The summed E-state index contributed by atoms with van der Waals surface area (Å²) in [5, 5.41) is 19.0. The van der Waals surface area contributed by atoms with Gasteiger partial charge in [-0.25, -0.2) is 0 Å². The molecule has 1 rings (SSSR count). The van der Waals surface area contributed by atoms with Crippen molar-refractivity contribution in [3.8, 4) is 0 Å². The third-order valence-electron chi connectivity index (χ3n) is 4.61. The van der Waals surface area contributed by atoms with E-state index >= 15 is 0 Å². The summed E-state index contributed by atoms with van der Waals surface area (Å²) in [7, 11) is 0. The summed E-state index contributed by atoms with van der Waals surface area (Å²) in [5.74, 6) is 0.113.